The van der Waals surface area contributed by atoms with E-state index in [0.29, 0.717) is 6.04 Å². The van der Waals surface area contributed by atoms with Crippen molar-refractivity contribution in [1.82, 2.24) is 10.6 Å². The standard InChI is InChI=1S/C16H22N2O2/c1-11(14-4-2-3-8-17-14)18-16(19)13-5-6-15-12(10-13)7-9-20-15/h5-6,10-11,14,17H,2-4,7-9H2,1H3,(H,18,19). The fourth-order valence-corrected chi connectivity index (χ4v) is 3.02. The molecule has 1 saturated heterocycles. The number of ether oxygens (including phenoxy) is 1. The minimum Gasteiger partial charge on any atom is -0.493 e. The third kappa shape index (κ3) is 2.80. The predicted octanol–water partition coefficient (Wildman–Crippen LogP) is 1.88. The average Bonchev–Trinajstić information content (AvgIpc) is 2.95. The Labute approximate surface area is 119 Å². The number of hydrogen-bond acceptors (Lipinski definition) is 3. The SMILES string of the molecule is CC(NC(=O)c1ccc2c(c1)CCO2)C1CCCCN1. The van der Waals surface area contributed by atoms with Crippen LogP contribution in [0.3, 0.4) is 0 Å². The van der Waals surface area contributed by atoms with E-state index in [-0.39, 0.29) is 11.9 Å². The van der Waals surface area contributed by atoms with Crippen molar-refractivity contribution in [2.24, 2.45) is 0 Å². The van der Waals surface area contributed by atoms with Crippen LogP contribution >= 0.6 is 0 Å². The maximum atomic E-state index is 12.3. The lowest BCUT2D eigenvalue weighted by Gasteiger charge is -2.29. The molecule has 4 nitrogen and oxygen atoms in total. The fourth-order valence-electron chi connectivity index (χ4n) is 3.02. The van der Waals surface area contributed by atoms with Gasteiger partial charge in [-0.1, -0.05) is 6.42 Å². The second-order valence-electron chi connectivity index (χ2n) is 5.74. The zero-order valence-electron chi connectivity index (χ0n) is 11.9. The van der Waals surface area contributed by atoms with Crippen LogP contribution in [0.1, 0.15) is 42.1 Å². The van der Waals surface area contributed by atoms with Gasteiger partial charge in [-0.25, -0.2) is 0 Å². The minimum absolute atomic E-state index is 0.0135. The van der Waals surface area contributed by atoms with Crippen LogP contribution < -0.4 is 15.4 Å². The number of fused-ring (bicyclic) bond motifs is 1. The lowest BCUT2D eigenvalue weighted by Crippen LogP contribution is -2.50. The smallest absolute Gasteiger partial charge is 0.251 e. The first kappa shape index (κ1) is 13.4. The van der Waals surface area contributed by atoms with Crippen LogP contribution in [0.25, 0.3) is 0 Å². The van der Waals surface area contributed by atoms with Crippen molar-refractivity contribution in [3.05, 3.63) is 29.3 Å². The number of carbonyl (C=O) groups excluding carboxylic acids is 1. The van der Waals surface area contributed by atoms with E-state index in [9.17, 15) is 4.79 Å². The van der Waals surface area contributed by atoms with Gasteiger partial charge in [0.1, 0.15) is 5.75 Å². The second kappa shape index (κ2) is 5.83. The van der Waals surface area contributed by atoms with Gasteiger partial charge in [0.05, 0.1) is 6.61 Å². The molecule has 0 aromatic heterocycles. The Hall–Kier alpha value is -1.55. The van der Waals surface area contributed by atoms with Crippen LogP contribution in [0.5, 0.6) is 5.75 Å². The molecule has 0 aliphatic carbocycles. The van der Waals surface area contributed by atoms with E-state index in [4.69, 9.17) is 4.74 Å². The largest absolute Gasteiger partial charge is 0.493 e. The van der Waals surface area contributed by atoms with E-state index in [2.05, 4.69) is 17.6 Å². The van der Waals surface area contributed by atoms with Crippen molar-refractivity contribution in [3.8, 4) is 5.75 Å². The molecule has 2 aliphatic rings. The van der Waals surface area contributed by atoms with Crippen molar-refractivity contribution in [3.63, 3.8) is 0 Å². The zero-order valence-corrected chi connectivity index (χ0v) is 11.9. The van der Waals surface area contributed by atoms with Crippen LogP contribution in [0.15, 0.2) is 18.2 Å². The number of piperidine rings is 1. The lowest BCUT2D eigenvalue weighted by molar-refractivity contribution is 0.0928. The number of rotatable bonds is 3. The monoisotopic (exact) mass is 274 g/mol. The van der Waals surface area contributed by atoms with Crippen LogP contribution in [0.2, 0.25) is 0 Å². The van der Waals surface area contributed by atoms with Gasteiger partial charge >= 0.3 is 0 Å². The first-order valence-corrected chi connectivity index (χ1v) is 7.54. The summed E-state index contributed by atoms with van der Waals surface area (Å²) in [5.41, 5.74) is 1.87. The van der Waals surface area contributed by atoms with Crippen LogP contribution in [0.4, 0.5) is 0 Å². The minimum atomic E-state index is 0.0135. The predicted molar refractivity (Wildman–Crippen MR) is 78.2 cm³/mol. The molecule has 1 fully saturated rings. The van der Waals surface area contributed by atoms with Crippen molar-refractivity contribution in [1.29, 1.82) is 0 Å². The molecule has 3 rings (SSSR count). The Morgan fingerprint density at radius 3 is 3.15 bits per heavy atom. The summed E-state index contributed by atoms with van der Waals surface area (Å²) in [6.45, 7) is 3.86. The molecule has 0 spiro atoms. The molecule has 1 amide bonds. The molecule has 2 unspecified atom stereocenters. The van der Waals surface area contributed by atoms with Gasteiger partial charge in [-0.3, -0.25) is 4.79 Å². The van der Waals surface area contributed by atoms with E-state index in [1.54, 1.807) is 0 Å². The molecule has 2 heterocycles. The third-order valence-corrected chi connectivity index (χ3v) is 4.26. The molecule has 4 heteroatoms. The summed E-state index contributed by atoms with van der Waals surface area (Å²) in [7, 11) is 0. The maximum Gasteiger partial charge on any atom is 0.251 e. The third-order valence-electron chi connectivity index (χ3n) is 4.26. The number of amides is 1. The summed E-state index contributed by atoms with van der Waals surface area (Å²) in [4.78, 5) is 12.3. The highest BCUT2D eigenvalue weighted by atomic mass is 16.5. The highest BCUT2D eigenvalue weighted by Crippen LogP contribution is 2.25. The van der Waals surface area contributed by atoms with Gasteiger partial charge in [0, 0.05) is 24.1 Å². The van der Waals surface area contributed by atoms with Gasteiger partial charge in [-0.05, 0) is 50.1 Å². The van der Waals surface area contributed by atoms with Crippen molar-refractivity contribution in [2.45, 2.75) is 44.7 Å². The molecule has 0 bridgehead atoms. The Morgan fingerprint density at radius 2 is 2.35 bits per heavy atom. The summed E-state index contributed by atoms with van der Waals surface area (Å²) >= 11 is 0. The van der Waals surface area contributed by atoms with E-state index in [1.807, 2.05) is 18.2 Å². The normalized spacial score (nSPS) is 22.8. The first-order chi connectivity index (χ1) is 9.74. The zero-order chi connectivity index (χ0) is 13.9. The Kier molecular flexibility index (Phi) is 3.92. The van der Waals surface area contributed by atoms with Crippen molar-refractivity contribution in [2.75, 3.05) is 13.2 Å². The number of carbonyl (C=O) groups is 1. The summed E-state index contributed by atoms with van der Waals surface area (Å²) in [6, 6.07) is 6.26. The molecule has 0 radical (unpaired) electrons. The van der Waals surface area contributed by atoms with Gasteiger partial charge in [-0.15, -0.1) is 0 Å². The summed E-state index contributed by atoms with van der Waals surface area (Å²) in [6.07, 6.45) is 4.52. The number of nitrogens with one attached hydrogen (secondary N) is 2. The molecule has 0 saturated carbocycles. The highest BCUT2D eigenvalue weighted by molar-refractivity contribution is 5.94. The van der Waals surface area contributed by atoms with Gasteiger partial charge in [0.25, 0.3) is 5.91 Å². The summed E-state index contributed by atoms with van der Waals surface area (Å²) < 4.78 is 5.47. The molecule has 2 atom stereocenters. The first-order valence-electron chi connectivity index (χ1n) is 7.54. The molecule has 1 aromatic rings. The van der Waals surface area contributed by atoms with E-state index in [1.165, 1.54) is 12.8 Å². The van der Waals surface area contributed by atoms with Gasteiger partial charge in [0.2, 0.25) is 0 Å². The molecule has 20 heavy (non-hydrogen) atoms. The fraction of sp³-hybridized carbons (Fsp3) is 0.562. The van der Waals surface area contributed by atoms with Crippen molar-refractivity contribution >= 4 is 5.91 Å². The number of benzene rings is 1. The Bertz CT molecular complexity index is 495. The Balaban J connectivity index is 1.63. The molecule has 1 aromatic carbocycles. The molecule has 2 N–H and O–H groups in total. The summed E-state index contributed by atoms with van der Waals surface area (Å²) in [5, 5.41) is 6.60. The van der Waals surface area contributed by atoms with Gasteiger partial charge in [0.15, 0.2) is 0 Å². The van der Waals surface area contributed by atoms with Gasteiger partial charge < -0.3 is 15.4 Å². The number of hydrogen-bond donors (Lipinski definition) is 2. The van der Waals surface area contributed by atoms with E-state index < -0.39 is 0 Å². The highest BCUT2D eigenvalue weighted by Gasteiger charge is 2.22. The van der Waals surface area contributed by atoms with E-state index >= 15 is 0 Å². The Morgan fingerprint density at radius 1 is 1.45 bits per heavy atom. The van der Waals surface area contributed by atoms with Gasteiger partial charge in [-0.2, -0.15) is 0 Å². The molecular weight excluding hydrogens is 252 g/mol. The van der Waals surface area contributed by atoms with Crippen molar-refractivity contribution < 1.29 is 9.53 Å². The van der Waals surface area contributed by atoms with Crippen LogP contribution in [-0.2, 0) is 6.42 Å². The topological polar surface area (TPSA) is 50.4 Å². The molecule has 2 aliphatic heterocycles. The van der Waals surface area contributed by atoms with E-state index in [0.717, 1.165) is 42.9 Å². The van der Waals surface area contributed by atoms with Crippen LogP contribution in [0, 0.1) is 0 Å². The second-order valence-corrected chi connectivity index (χ2v) is 5.74. The molecular formula is C16H22N2O2. The average molecular weight is 274 g/mol. The lowest BCUT2D eigenvalue weighted by atomic mass is 9.98. The maximum absolute atomic E-state index is 12.3. The van der Waals surface area contributed by atoms with Crippen LogP contribution in [-0.4, -0.2) is 31.1 Å². The quantitative estimate of drug-likeness (QED) is 0.885. The molecule has 108 valence electrons. The summed E-state index contributed by atoms with van der Waals surface area (Å²) in [5.74, 6) is 0.933.